The van der Waals surface area contributed by atoms with Gasteiger partial charge in [0.2, 0.25) is 29.5 Å². The predicted octanol–water partition coefficient (Wildman–Crippen LogP) is 19.7. The number of aromatic nitrogens is 14. The second-order valence-electron chi connectivity index (χ2n) is 45.6. The Morgan fingerprint density at radius 1 is 0.449 bits per heavy atom. The lowest BCUT2D eigenvalue weighted by atomic mass is 9.83. The highest BCUT2D eigenvalue weighted by Gasteiger charge is 2.38. The number of likely N-dealkylation sites (tertiary alicyclic amines) is 5. The van der Waals surface area contributed by atoms with Crippen LogP contribution in [0.15, 0.2) is 86.2 Å². The third kappa shape index (κ3) is 36.9. The van der Waals surface area contributed by atoms with Gasteiger partial charge in [-0.15, -0.1) is 0 Å². The van der Waals surface area contributed by atoms with Crippen LogP contribution in [0.3, 0.4) is 0 Å². The fraction of sp³-hybridized carbons (Fsp3) is 0.667. The van der Waals surface area contributed by atoms with E-state index in [9.17, 15) is 32.3 Å². The number of aryl methyl sites for hydroxylation is 1. The Balaban J connectivity index is 0.000000198. The van der Waals surface area contributed by atoms with Crippen LogP contribution in [0.25, 0.3) is 5.65 Å². The van der Waals surface area contributed by atoms with Crippen molar-refractivity contribution in [2.75, 3.05) is 112 Å². The van der Waals surface area contributed by atoms with Crippen molar-refractivity contribution < 1.29 is 37.1 Å². The lowest BCUT2D eigenvalue weighted by molar-refractivity contribution is -0.145. The number of carbonyl (C=O) groups excluding carboxylic acids is 4. The molecule has 6 aliphatic rings. The number of pyridine rings is 1. The van der Waals surface area contributed by atoms with Crippen molar-refractivity contribution in [2.24, 2.45) is 17.8 Å². The average Bonchev–Trinajstić information content (AvgIpc) is 1.79. The lowest BCUT2D eigenvalue weighted by Gasteiger charge is -2.36. The number of carbonyl (C=O) groups is 4. The zero-order valence-electron chi connectivity index (χ0n) is 88.4. The molecule has 0 aliphatic carbocycles. The number of piperidine rings is 4. The van der Waals surface area contributed by atoms with Crippen LogP contribution >= 0.6 is 11.6 Å². The van der Waals surface area contributed by atoms with Gasteiger partial charge in [0.15, 0.2) is 5.65 Å². The maximum absolute atomic E-state index is 12.8. The number of hydrogen-bond acceptors (Lipinski definition) is 24. The van der Waals surface area contributed by atoms with E-state index >= 15 is 0 Å². The van der Waals surface area contributed by atoms with Crippen LogP contribution in [0.5, 0.6) is 0 Å². The molecule has 0 atom stereocenters. The molecule has 14 heterocycles. The number of amides is 4. The monoisotopic (exact) mass is 1930 g/mol. The third-order valence-electron chi connectivity index (χ3n) is 24.7. The first-order chi connectivity index (χ1) is 64.3. The van der Waals surface area contributed by atoms with Gasteiger partial charge in [-0.25, -0.2) is 59.3 Å². The molecule has 6 saturated heterocycles. The van der Waals surface area contributed by atoms with E-state index in [0.717, 1.165) is 180 Å². The Morgan fingerprint density at radius 3 is 1.17 bits per heavy atom. The highest BCUT2D eigenvalue weighted by molar-refractivity contribution is 6.29. The zero-order valence-corrected chi connectivity index (χ0v) is 89.2. The van der Waals surface area contributed by atoms with Crippen LogP contribution < -0.4 is 26.6 Å². The van der Waals surface area contributed by atoms with E-state index in [2.05, 4.69) is 255 Å². The molecule has 4 amide bonds. The molecule has 8 aromatic rings. The molecular weight excluding hydrogens is 1770 g/mol. The molecule has 0 aromatic carbocycles. The normalized spacial score (nSPS) is 16.5. The van der Waals surface area contributed by atoms with Gasteiger partial charge >= 0.3 is 6.18 Å². The minimum absolute atomic E-state index is 0.0174. The second kappa shape index (κ2) is 49.9. The Morgan fingerprint density at radius 2 is 0.826 bits per heavy atom. The molecule has 33 heteroatoms. The summed E-state index contributed by atoms with van der Waals surface area (Å²) in [4.78, 5) is 109. The van der Waals surface area contributed by atoms with Gasteiger partial charge in [0.1, 0.15) is 59.6 Å². The molecule has 0 unspecified atom stereocenters. The molecule has 6 fully saturated rings. The second-order valence-corrected chi connectivity index (χ2v) is 46.0. The number of halogens is 4. The summed E-state index contributed by atoms with van der Waals surface area (Å²) in [5, 5.41) is 21.5. The van der Waals surface area contributed by atoms with E-state index in [1.807, 2.05) is 111 Å². The number of ether oxygens (including phenoxy) is 1. The van der Waals surface area contributed by atoms with Gasteiger partial charge in [-0.3, -0.25) is 24.2 Å². The SMILES string of the molecule is CC(C)(C)c1cc(NC2COC2)nc(C(F)(F)F)n1.CC(C)(C)c1cn2nc(Cl)ccc2n1.CC(C)C(=O)N1CCC(Nc2cc(C(C)(C)C)ncn2)CC1.CC(C)CC(=O)N1CCC(Nc2cc(C(C)(C)C)ncn2)CC1.CCC(=O)N1CCC(Nc2cc(C(C)(C)C)ncn2)CC1.CCCC(=O)N1CCC(Nc2cc(C(C)(C)C)ncn2)CC1.Cc1cnc(CC2CN(C)C2)cc1C(C)(C)C. The van der Waals surface area contributed by atoms with Gasteiger partial charge in [0.05, 0.1) is 59.6 Å². The highest BCUT2D eigenvalue weighted by atomic mass is 35.5. The summed E-state index contributed by atoms with van der Waals surface area (Å²) >= 11 is 5.78. The van der Waals surface area contributed by atoms with E-state index in [4.69, 9.17) is 16.3 Å². The van der Waals surface area contributed by atoms with Crippen LogP contribution in [-0.4, -0.2) is 233 Å². The first kappa shape index (κ1) is 113. The van der Waals surface area contributed by atoms with Crippen LogP contribution in [-0.2, 0) is 74.4 Å². The molecule has 0 bridgehead atoms. The van der Waals surface area contributed by atoms with Gasteiger partial charge < -0.3 is 55.8 Å². The van der Waals surface area contributed by atoms with Crippen LogP contribution in [0.2, 0.25) is 5.15 Å². The number of rotatable bonds is 18. The lowest BCUT2D eigenvalue weighted by Crippen LogP contribution is -2.44. The minimum atomic E-state index is -4.55. The maximum atomic E-state index is 12.8. The molecule has 14 rings (SSSR count). The quantitative estimate of drug-likeness (QED) is 0.0533. The number of hydrogen-bond donors (Lipinski definition) is 5. The Kier molecular flexibility index (Phi) is 41.0. The maximum Gasteiger partial charge on any atom is 0.451 e. The van der Waals surface area contributed by atoms with Crippen molar-refractivity contribution in [1.29, 1.82) is 0 Å². The fourth-order valence-electron chi connectivity index (χ4n) is 16.2. The first-order valence-electron chi connectivity index (χ1n) is 49.8. The van der Waals surface area contributed by atoms with E-state index in [1.165, 1.54) is 29.9 Å². The van der Waals surface area contributed by atoms with E-state index in [0.29, 0.717) is 73.4 Å². The summed E-state index contributed by atoms with van der Waals surface area (Å²) in [6.45, 7) is 68.7. The van der Waals surface area contributed by atoms with Crippen molar-refractivity contribution in [3.05, 3.63) is 148 Å². The summed E-state index contributed by atoms with van der Waals surface area (Å²) in [6.07, 6.45) is 17.7. The Bertz CT molecular complexity index is 5120. The summed E-state index contributed by atoms with van der Waals surface area (Å²) in [6, 6.07) is 17.2. The Labute approximate surface area is 826 Å². The van der Waals surface area contributed by atoms with Crippen molar-refractivity contribution in [2.45, 2.75) is 352 Å². The van der Waals surface area contributed by atoms with Crippen LogP contribution in [0.1, 0.15) is 321 Å². The minimum Gasteiger partial charge on any atom is -0.377 e. The van der Waals surface area contributed by atoms with Crippen LogP contribution in [0.4, 0.5) is 42.3 Å². The molecule has 29 nitrogen and oxygen atoms in total. The van der Waals surface area contributed by atoms with E-state index in [1.54, 1.807) is 42.0 Å². The average molecular weight is 1940 g/mol. The standard InChI is InChI=1S/C18H30N4O.2C17H28N4O.C16H26N4O.C15H24N2.C12H16F3N3O.C10H12ClN3/c1-13(2)10-17(23)22-8-6-14(7-9-22)21-16-11-15(18(3,4)5)19-12-20-16;1-12(2)16(22)21-8-6-13(7-9-21)20-15-10-14(17(3,4)5)18-11-19-15;1-5-6-16(22)21-9-7-13(8-10-21)20-15-11-14(17(2,3)4)18-12-19-15;1-5-15(21)20-8-6-12(7-9-20)19-14-10-13(16(2,3)4)17-11-18-14;1-11-8-16-13(6-12-9-17(5)10-12)7-14(11)15(2,3)4;1-11(2,3)8-4-9(16-7-5-19-6-7)18-10(17-8)12(13,14)15;1-10(2,3)7-6-14-9(12-7)5-4-8(11)13-14/h11-14H,6-10H2,1-5H3,(H,19,20,21);10-13H,6-9H2,1-5H3,(H,18,19,20);11-13H,5-10H2,1-4H3,(H,18,19,20);10-12H,5-9H2,1-4H3,(H,17,18,19);7-8,12H,6,9-10H2,1-5H3;4,7H,5-6H2,1-3H3,(H,16,17,18);4-6H,1-3H3. The van der Waals surface area contributed by atoms with E-state index in [-0.39, 0.29) is 73.9 Å². The van der Waals surface area contributed by atoms with Gasteiger partial charge in [-0.1, -0.05) is 199 Å². The molecular formula is C105H164ClF3N24O5. The molecule has 138 heavy (non-hydrogen) atoms. The summed E-state index contributed by atoms with van der Waals surface area (Å²) in [5.41, 5.74) is 10.3. The van der Waals surface area contributed by atoms with Gasteiger partial charge in [-0.05, 0) is 125 Å². The van der Waals surface area contributed by atoms with Gasteiger partial charge in [0.25, 0.3) is 0 Å². The number of nitrogens with one attached hydrogen (secondary N) is 5. The number of alkyl halides is 3. The molecule has 762 valence electrons. The van der Waals surface area contributed by atoms with Crippen molar-refractivity contribution in [1.82, 2.24) is 93.9 Å². The van der Waals surface area contributed by atoms with E-state index < -0.39 is 17.4 Å². The highest BCUT2D eigenvalue weighted by Crippen LogP contribution is 2.35. The summed E-state index contributed by atoms with van der Waals surface area (Å²) in [7, 11) is 2.18. The van der Waals surface area contributed by atoms with Crippen LogP contribution in [0, 0.1) is 24.7 Å². The van der Waals surface area contributed by atoms with Gasteiger partial charge in [-0.2, -0.15) is 18.3 Å². The van der Waals surface area contributed by atoms with Crippen molar-refractivity contribution >= 4 is 70.0 Å². The first-order valence-corrected chi connectivity index (χ1v) is 50.2. The molecule has 6 aliphatic heterocycles. The molecule has 5 N–H and O–H groups in total. The van der Waals surface area contributed by atoms with Crippen molar-refractivity contribution in [3.63, 3.8) is 0 Å². The fourth-order valence-corrected chi connectivity index (χ4v) is 16.4. The molecule has 0 radical (unpaired) electrons. The number of imidazole rings is 1. The third-order valence-corrected chi connectivity index (χ3v) is 24.9. The summed E-state index contributed by atoms with van der Waals surface area (Å²) < 4.78 is 45.1. The summed E-state index contributed by atoms with van der Waals surface area (Å²) in [5.74, 6) is 5.04. The number of nitrogens with zero attached hydrogens (tertiary/aromatic N) is 19. The largest absolute Gasteiger partial charge is 0.451 e. The smallest absolute Gasteiger partial charge is 0.377 e. The molecule has 0 spiro atoms. The Hall–Kier alpha value is -9.95. The molecule has 8 aromatic heterocycles. The number of anilines is 5. The molecule has 0 saturated carbocycles. The number of fused-ring (bicyclic) bond motifs is 1. The van der Waals surface area contributed by atoms with Gasteiger partial charge in [0, 0.05) is 190 Å². The zero-order chi connectivity index (χ0) is 102. The van der Waals surface area contributed by atoms with Crippen molar-refractivity contribution in [3.8, 4) is 0 Å². The topological polar surface area (TPSA) is 326 Å². The predicted molar refractivity (Wildman–Crippen MR) is 548 cm³/mol.